The van der Waals surface area contributed by atoms with Crippen molar-refractivity contribution < 1.29 is 9.53 Å². The number of thiazole rings is 1. The van der Waals surface area contributed by atoms with Crippen molar-refractivity contribution in [2.45, 2.75) is 71.4 Å². The van der Waals surface area contributed by atoms with E-state index >= 15 is 0 Å². The summed E-state index contributed by atoms with van der Waals surface area (Å²) >= 11 is 1.68. The van der Waals surface area contributed by atoms with E-state index in [2.05, 4.69) is 41.8 Å². The Balaban J connectivity index is 0.00000364. The van der Waals surface area contributed by atoms with Crippen LogP contribution in [0, 0.1) is 5.92 Å². The Labute approximate surface area is 184 Å². The van der Waals surface area contributed by atoms with Crippen molar-refractivity contribution in [2.75, 3.05) is 13.7 Å². The molecule has 1 aliphatic carbocycles. The lowest BCUT2D eigenvalue weighted by molar-refractivity contribution is -0.149. The van der Waals surface area contributed by atoms with Crippen LogP contribution >= 0.6 is 35.3 Å². The van der Waals surface area contributed by atoms with Crippen LogP contribution in [0.1, 0.15) is 64.1 Å². The second-order valence-corrected chi connectivity index (χ2v) is 8.69. The van der Waals surface area contributed by atoms with E-state index in [4.69, 9.17) is 9.72 Å². The van der Waals surface area contributed by atoms with Gasteiger partial charge in [0.05, 0.1) is 24.8 Å². The molecular weight excluding hydrogens is 475 g/mol. The summed E-state index contributed by atoms with van der Waals surface area (Å²) in [5.74, 6) is 0.790. The van der Waals surface area contributed by atoms with Crippen LogP contribution in [-0.4, -0.2) is 36.6 Å². The van der Waals surface area contributed by atoms with E-state index in [9.17, 15) is 4.79 Å². The van der Waals surface area contributed by atoms with Crippen molar-refractivity contribution >= 4 is 47.2 Å². The summed E-state index contributed by atoms with van der Waals surface area (Å²) in [5.41, 5.74) is 1.20. The van der Waals surface area contributed by atoms with Crippen LogP contribution in [0.15, 0.2) is 10.4 Å². The van der Waals surface area contributed by atoms with Crippen molar-refractivity contribution in [3.63, 3.8) is 0 Å². The number of nitrogens with zero attached hydrogens (tertiary/aromatic N) is 2. The Bertz CT molecular complexity index is 619. The predicted molar refractivity (Wildman–Crippen MR) is 122 cm³/mol. The number of esters is 1. The number of aromatic nitrogens is 1. The van der Waals surface area contributed by atoms with E-state index in [1.165, 1.54) is 0 Å². The SMILES string of the molecule is CCOC(=O)C1CCC(NC(=NC)NCc2nc(C(C)(C)C)cs2)CC1.I. The first-order chi connectivity index (χ1) is 12.3. The summed E-state index contributed by atoms with van der Waals surface area (Å²) in [6.07, 6.45) is 3.65. The molecule has 2 rings (SSSR count). The molecule has 0 atom stereocenters. The number of ether oxygens (including phenoxy) is 1. The van der Waals surface area contributed by atoms with Gasteiger partial charge in [0.2, 0.25) is 0 Å². The topological polar surface area (TPSA) is 75.6 Å². The Morgan fingerprint density at radius 1 is 1.33 bits per heavy atom. The van der Waals surface area contributed by atoms with Crippen LogP contribution in [-0.2, 0) is 21.5 Å². The Hall–Kier alpha value is -0.900. The summed E-state index contributed by atoms with van der Waals surface area (Å²) in [4.78, 5) is 20.8. The minimum Gasteiger partial charge on any atom is -0.466 e. The van der Waals surface area contributed by atoms with Gasteiger partial charge < -0.3 is 15.4 Å². The third-order valence-corrected chi connectivity index (χ3v) is 5.49. The molecule has 0 aliphatic heterocycles. The van der Waals surface area contributed by atoms with Crippen LogP contribution in [0.2, 0.25) is 0 Å². The van der Waals surface area contributed by atoms with E-state index in [1.54, 1.807) is 18.4 Å². The maximum Gasteiger partial charge on any atom is 0.308 e. The smallest absolute Gasteiger partial charge is 0.308 e. The number of guanidine groups is 1. The Morgan fingerprint density at radius 2 is 2.00 bits per heavy atom. The van der Waals surface area contributed by atoms with Gasteiger partial charge in [-0.05, 0) is 32.6 Å². The number of aliphatic imine (C=N–C) groups is 1. The lowest BCUT2D eigenvalue weighted by Gasteiger charge is -2.29. The molecule has 6 nitrogen and oxygen atoms in total. The Morgan fingerprint density at radius 3 is 2.52 bits per heavy atom. The lowest BCUT2D eigenvalue weighted by Crippen LogP contribution is -2.45. The van der Waals surface area contributed by atoms with E-state index in [0.29, 0.717) is 19.2 Å². The molecule has 2 N–H and O–H groups in total. The normalized spacial score (nSPS) is 20.6. The van der Waals surface area contributed by atoms with Gasteiger partial charge in [0.25, 0.3) is 0 Å². The number of halogens is 1. The molecule has 0 bridgehead atoms. The van der Waals surface area contributed by atoms with Gasteiger partial charge >= 0.3 is 5.97 Å². The van der Waals surface area contributed by atoms with E-state index in [0.717, 1.165) is 42.3 Å². The zero-order chi connectivity index (χ0) is 19.2. The summed E-state index contributed by atoms with van der Waals surface area (Å²) in [6, 6.07) is 0.341. The number of nitrogens with one attached hydrogen (secondary N) is 2. The van der Waals surface area contributed by atoms with Crippen LogP contribution in [0.4, 0.5) is 0 Å². The fraction of sp³-hybridized carbons (Fsp3) is 0.737. The molecule has 0 saturated heterocycles. The molecular formula is C19H33IN4O2S. The van der Waals surface area contributed by atoms with Crippen LogP contribution in [0.25, 0.3) is 0 Å². The van der Waals surface area contributed by atoms with Gasteiger partial charge in [0.1, 0.15) is 5.01 Å². The van der Waals surface area contributed by atoms with Gasteiger partial charge in [0.15, 0.2) is 5.96 Å². The van der Waals surface area contributed by atoms with Gasteiger partial charge in [-0.1, -0.05) is 20.8 Å². The molecule has 0 aromatic carbocycles. The molecule has 1 saturated carbocycles. The third-order valence-electron chi connectivity index (χ3n) is 4.64. The fourth-order valence-corrected chi connectivity index (χ4v) is 3.98. The second-order valence-electron chi connectivity index (χ2n) is 7.75. The first kappa shape index (κ1) is 24.1. The minimum absolute atomic E-state index is 0. The zero-order valence-corrected chi connectivity index (χ0v) is 20.1. The fourth-order valence-electron chi connectivity index (χ4n) is 3.02. The molecule has 1 fully saturated rings. The third kappa shape index (κ3) is 7.56. The molecule has 1 heterocycles. The van der Waals surface area contributed by atoms with Crippen molar-refractivity contribution in [3.05, 3.63) is 16.1 Å². The summed E-state index contributed by atoms with van der Waals surface area (Å²) in [5, 5.41) is 10.0. The Kier molecular flexibility index (Phi) is 10.0. The lowest BCUT2D eigenvalue weighted by atomic mass is 9.86. The van der Waals surface area contributed by atoms with Crippen LogP contribution in [0.5, 0.6) is 0 Å². The molecule has 8 heteroatoms. The molecule has 0 amide bonds. The van der Waals surface area contributed by atoms with Gasteiger partial charge in [-0.3, -0.25) is 9.79 Å². The molecule has 1 aliphatic rings. The zero-order valence-electron chi connectivity index (χ0n) is 17.0. The van der Waals surface area contributed by atoms with E-state index in [1.807, 2.05) is 6.92 Å². The molecule has 0 spiro atoms. The second kappa shape index (κ2) is 11.2. The predicted octanol–water partition coefficient (Wildman–Crippen LogP) is 3.85. The summed E-state index contributed by atoms with van der Waals surface area (Å²) in [6.45, 7) is 9.50. The minimum atomic E-state index is -0.0492. The van der Waals surface area contributed by atoms with Gasteiger partial charge in [-0.2, -0.15) is 0 Å². The molecule has 0 unspecified atom stereocenters. The van der Waals surface area contributed by atoms with Gasteiger partial charge in [-0.15, -0.1) is 35.3 Å². The summed E-state index contributed by atoms with van der Waals surface area (Å²) < 4.78 is 5.13. The molecule has 1 aromatic heterocycles. The average molecular weight is 508 g/mol. The average Bonchev–Trinajstić information content (AvgIpc) is 3.08. The maximum absolute atomic E-state index is 11.8. The molecule has 27 heavy (non-hydrogen) atoms. The van der Waals surface area contributed by atoms with Gasteiger partial charge in [0, 0.05) is 23.9 Å². The number of hydrogen-bond acceptors (Lipinski definition) is 5. The van der Waals surface area contributed by atoms with Crippen molar-refractivity contribution in [1.29, 1.82) is 0 Å². The number of hydrogen-bond donors (Lipinski definition) is 2. The number of carbonyl (C=O) groups is 1. The van der Waals surface area contributed by atoms with Crippen molar-refractivity contribution in [2.24, 2.45) is 10.9 Å². The number of carbonyl (C=O) groups excluding carboxylic acids is 1. The van der Waals surface area contributed by atoms with Crippen LogP contribution < -0.4 is 10.6 Å². The molecule has 0 radical (unpaired) electrons. The van der Waals surface area contributed by atoms with Gasteiger partial charge in [-0.25, -0.2) is 4.98 Å². The highest BCUT2D eigenvalue weighted by atomic mass is 127. The molecule has 1 aromatic rings. The maximum atomic E-state index is 11.8. The van der Waals surface area contributed by atoms with Crippen LogP contribution in [0.3, 0.4) is 0 Å². The first-order valence-electron chi connectivity index (χ1n) is 9.42. The highest BCUT2D eigenvalue weighted by Crippen LogP contribution is 2.26. The molecule has 154 valence electrons. The largest absolute Gasteiger partial charge is 0.466 e. The first-order valence-corrected chi connectivity index (χ1v) is 10.3. The standard InChI is InChI=1S/C19H32N4O2S.HI/c1-6-25-17(24)13-7-9-14(10-8-13)22-18(20-5)21-11-16-23-15(12-26-16)19(2,3)4;/h12-14H,6-11H2,1-5H3,(H2,20,21,22);1H. The quantitative estimate of drug-likeness (QED) is 0.274. The number of rotatable bonds is 5. The van der Waals surface area contributed by atoms with Crippen molar-refractivity contribution in [3.8, 4) is 0 Å². The van der Waals surface area contributed by atoms with E-state index in [-0.39, 0.29) is 41.3 Å². The highest BCUT2D eigenvalue weighted by molar-refractivity contribution is 14.0. The summed E-state index contributed by atoms with van der Waals surface area (Å²) in [7, 11) is 1.78. The van der Waals surface area contributed by atoms with E-state index < -0.39 is 0 Å². The monoisotopic (exact) mass is 508 g/mol. The highest BCUT2D eigenvalue weighted by Gasteiger charge is 2.27. The van der Waals surface area contributed by atoms with Crippen molar-refractivity contribution in [1.82, 2.24) is 15.6 Å².